The molecule has 0 aromatic heterocycles. The number of fused-ring (bicyclic) bond motifs is 3. The van der Waals surface area contributed by atoms with E-state index in [0.29, 0.717) is 12.1 Å². The summed E-state index contributed by atoms with van der Waals surface area (Å²) in [4.78, 5) is 2.53. The van der Waals surface area contributed by atoms with Crippen LogP contribution in [0.3, 0.4) is 0 Å². The molecule has 3 fully saturated rings. The molecule has 0 amide bonds. The van der Waals surface area contributed by atoms with E-state index in [-0.39, 0.29) is 0 Å². The van der Waals surface area contributed by atoms with Crippen LogP contribution in [0.4, 0.5) is 0 Å². The van der Waals surface area contributed by atoms with Gasteiger partial charge >= 0.3 is 0 Å². The first-order valence-electron chi connectivity index (χ1n) is 4.53. The average molecular weight is 155 g/mol. The van der Waals surface area contributed by atoms with E-state index in [1.165, 1.54) is 25.9 Å². The number of nitrogens with zero attached hydrogens (tertiary/aromatic N) is 1. The molecule has 0 aromatic carbocycles. The van der Waals surface area contributed by atoms with Crippen molar-refractivity contribution in [3.8, 4) is 0 Å². The monoisotopic (exact) mass is 155 g/mol. The number of nitrogens with two attached hydrogens (primary N) is 1. The number of nitrogens with one attached hydrogen (secondary N) is 1. The maximum Gasteiger partial charge on any atom is 0.0392 e. The third kappa shape index (κ3) is 1.08. The third-order valence-electron chi connectivity index (χ3n) is 3.37. The zero-order valence-electron chi connectivity index (χ0n) is 7.09. The van der Waals surface area contributed by atoms with Crippen molar-refractivity contribution in [1.29, 1.82) is 0 Å². The highest BCUT2D eigenvalue weighted by molar-refractivity contribution is 4.95. The third-order valence-corrected chi connectivity index (χ3v) is 3.37. The predicted octanol–water partition coefficient (Wildman–Crippen LogP) is -0.0676. The van der Waals surface area contributed by atoms with Gasteiger partial charge in [0.1, 0.15) is 0 Å². The van der Waals surface area contributed by atoms with Crippen LogP contribution in [0.25, 0.3) is 0 Å². The zero-order valence-corrected chi connectivity index (χ0v) is 7.09. The Labute approximate surface area is 67.9 Å². The Morgan fingerprint density at radius 2 is 2.00 bits per heavy atom. The van der Waals surface area contributed by atoms with Gasteiger partial charge in [0.15, 0.2) is 0 Å². The van der Waals surface area contributed by atoms with E-state index >= 15 is 0 Å². The van der Waals surface area contributed by atoms with Gasteiger partial charge in [0.2, 0.25) is 0 Å². The van der Waals surface area contributed by atoms with Crippen LogP contribution in [0, 0.1) is 5.92 Å². The molecule has 0 aromatic rings. The van der Waals surface area contributed by atoms with Gasteiger partial charge < -0.3 is 0 Å². The predicted molar refractivity (Wildman–Crippen MR) is 44.9 cm³/mol. The summed E-state index contributed by atoms with van der Waals surface area (Å²) in [5, 5.41) is 0. The fourth-order valence-corrected chi connectivity index (χ4v) is 2.58. The minimum Gasteiger partial charge on any atom is -0.299 e. The van der Waals surface area contributed by atoms with Gasteiger partial charge in [-0.2, -0.15) is 0 Å². The Morgan fingerprint density at radius 3 is 2.36 bits per heavy atom. The van der Waals surface area contributed by atoms with Crippen molar-refractivity contribution in [2.45, 2.75) is 31.8 Å². The lowest BCUT2D eigenvalue weighted by atomic mass is 9.80. The Morgan fingerprint density at radius 1 is 1.36 bits per heavy atom. The first-order valence-corrected chi connectivity index (χ1v) is 4.53. The van der Waals surface area contributed by atoms with Crippen LogP contribution in [0.5, 0.6) is 0 Å². The zero-order chi connectivity index (χ0) is 7.84. The van der Waals surface area contributed by atoms with Gasteiger partial charge in [-0.15, -0.1) is 0 Å². The number of hydrazine groups is 1. The molecule has 0 spiro atoms. The average Bonchev–Trinajstić information content (AvgIpc) is 2.06. The number of hydrogen-bond acceptors (Lipinski definition) is 3. The van der Waals surface area contributed by atoms with Crippen molar-refractivity contribution in [2.75, 3.05) is 13.1 Å². The van der Waals surface area contributed by atoms with Crippen molar-refractivity contribution < 1.29 is 0 Å². The van der Waals surface area contributed by atoms with E-state index < -0.39 is 0 Å². The van der Waals surface area contributed by atoms with E-state index in [1.54, 1.807) is 0 Å². The molecule has 0 aliphatic carbocycles. The fraction of sp³-hybridized carbons (Fsp3) is 1.00. The Balaban J connectivity index is 2.10. The molecule has 2 bridgehead atoms. The molecule has 3 heteroatoms. The second-order valence-electron chi connectivity index (χ2n) is 3.81. The number of piperidine rings is 3. The molecule has 3 rings (SSSR count). The van der Waals surface area contributed by atoms with Gasteiger partial charge in [-0.05, 0) is 38.8 Å². The highest BCUT2D eigenvalue weighted by atomic mass is 15.3. The molecule has 0 unspecified atom stereocenters. The summed E-state index contributed by atoms with van der Waals surface area (Å²) >= 11 is 0. The van der Waals surface area contributed by atoms with Crippen molar-refractivity contribution >= 4 is 0 Å². The number of hydrogen-bond donors (Lipinski definition) is 2. The van der Waals surface area contributed by atoms with Gasteiger partial charge in [0, 0.05) is 12.1 Å². The molecular formula is C8H17N3. The first kappa shape index (κ1) is 7.53. The van der Waals surface area contributed by atoms with Crippen molar-refractivity contribution in [1.82, 2.24) is 10.3 Å². The van der Waals surface area contributed by atoms with E-state index in [1.807, 2.05) is 0 Å². The summed E-state index contributed by atoms with van der Waals surface area (Å²) in [5.41, 5.74) is 2.94. The van der Waals surface area contributed by atoms with Gasteiger partial charge in [-0.25, -0.2) is 0 Å². The largest absolute Gasteiger partial charge is 0.299 e. The highest BCUT2D eigenvalue weighted by Crippen LogP contribution is 2.31. The SMILES string of the molecule is C[C@@H]1[C@@H](NN)C2CCN1CC2. The van der Waals surface area contributed by atoms with E-state index in [0.717, 1.165) is 5.92 Å². The van der Waals surface area contributed by atoms with Gasteiger partial charge in [-0.3, -0.25) is 16.2 Å². The van der Waals surface area contributed by atoms with Crippen LogP contribution >= 0.6 is 0 Å². The Bertz CT molecular complexity index is 138. The van der Waals surface area contributed by atoms with E-state index in [4.69, 9.17) is 5.84 Å². The molecule has 11 heavy (non-hydrogen) atoms. The van der Waals surface area contributed by atoms with Crippen LogP contribution in [-0.2, 0) is 0 Å². The summed E-state index contributed by atoms with van der Waals surface area (Å²) in [5.74, 6) is 6.34. The fourth-order valence-electron chi connectivity index (χ4n) is 2.58. The topological polar surface area (TPSA) is 41.3 Å². The molecule has 0 saturated carbocycles. The standard InChI is InChI=1S/C8H17N3/c1-6-8(10-9)7-2-4-11(6)5-3-7/h6-8,10H,2-5,9H2,1H3/t6-,8-/m1/s1. The maximum atomic E-state index is 5.50. The smallest absolute Gasteiger partial charge is 0.0392 e. The summed E-state index contributed by atoms with van der Waals surface area (Å²) in [6, 6.07) is 1.19. The van der Waals surface area contributed by atoms with Crippen LogP contribution in [0.15, 0.2) is 0 Å². The van der Waals surface area contributed by atoms with Crippen molar-refractivity contribution in [3.05, 3.63) is 0 Å². The quantitative estimate of drug-likeness (QED) is 0.411. The normalized spacial score (nSPS) is 49.6. The van der Waals surface area contributed by atoms with Crippen LogP contribution in [0.1, 0.15) is 19.8 Å². The van der Waals surface area contributed by atoms with E-state index in [9.17, 15) is 0 Å². The number of rotatable bonds is 1. The van der Waals surface area contributed by atoms with Gasteiger partial charge in [-0.1, -0.05) is 0 Å². The Kier molecular flexibility index (Phi) is 1.87. The van der Waals surface area contributed by atoms with Crippen LogP contribution in [-0.4, -0.2) is 30.1 Å². The molecular weight excluding hydrogens is 138 g/mol. The second-order valence-corrected chi connectivity index (χ2v) is 3.81. The van der Waals surface area contributed by atoms with Crippen molar-refractivity contribution in [2.24, 2.45) is 11.8 Å². The molecule has 3 heterocycles. The second kappa shape index (κ2) is 2.73. The highest BCUT2D eigenvalue weighted by Gasteiger charge is 2.38. The summed E-state index contributed by atoms with van der Waals surface area (Å²) < 4.78 is 0. The lowest BCUT2D eigenvalue weighted by Gasteiger charge is -2.49. The van der Waals surface area contributed by atoms with Crippen LogP contribution < -0.4 is 11.3 Å². The van der Waals surface area contributed by atoms with Crippen molar-refractivity contribution in [3.63, 3.8) is 0 Å². The first-order chi connectivity index (χ1) is 5.33. The molecule has 2 atom stereocenters. The molecule has 3 N–H and O–H groups in total. The Hall–Kier alpha value is -0.120. The lowest BCUT2D eigenvalue weighted by molar-refractivity contribution is 0.0224. The molecule has 3 aliphatic rings. The molecule has 3 saturated heterocycles. The molecule has 0 radical (unpaired) electrons. The molecule has 3 nitrogen and oxygen atoms in total. The summed E-state index contributed by atoms with van der Waals surface area (Å²) in [6.07, 6.45) is 2.67. The maximum absolute atomic E-state index is 5.50. The van der Waals surface area contributed by atoms with Gasteiger partial charge in [0.05, 0.1) is 0 Å². The van der Waals surface area contributed by atoms with Crippen LogP contribution in [0.2, 0.25) is 0 Å². The van der Waals surface area contributed by atoms with E-state index in [2.05, 4.69) is 17.2 Å². The minimum atomic E-state index is 0.539. The molecule has 3 aliphatic heterocycles. The lowest BCUT2D eigenvalue weighted by Crippen LogP contribution is -2.62. The molecule has 64 valence electrons. The summed E-state index contributed by atoms with van der Waals surface area (Å²) in [7, 11) is 0. The van der Waals surface area contributed by atoms with Gasteiger partial charge in [0.25, 0.3) is 0 Å². The summed E-state index contributed by atoms with van der Waals surface area (Å²) in [6.45, 7) is 4.84. The minimum absolute atomic E-state index is 0.539.